The number of hydrogen-bond acceptors (Lipinski definition) is 4. The first-order chi connectivity index (χ1) is 9.06. The maximum Gasteiger partial charge on any atom is 0.171 e. The number of tetrazole rings is 1. The zero-order valence-corrected chi connectivity index (χ0v) is 12.2. The molecule has 19 heavy (non-hydrogen) atoms. The second kappa shape index (κ2) is 6.12. The number of rotatable bonds is 5. The molecule has 0 saturated carbocycles. The molecule has 1 aromatic heterocycles. The molecule has 0 spiro atoms. The zero-order chi connectivity index (χ0) is 13.8. The van der Waals surface area contributed by atoms with Crippen LogP contribution in [0.5, 0.6) is 0 Å². The van der Waals surface area contributed by atoms with Crippen molar-refractivity contribution in [3.63, 3.8) is 0 Å². The largest absolute Gasteiger partial charge is 0.309 e. The third kappa shape index (κ3) is 3.75. The lowest BCUT2D eigenvalue weighted by Gasteiger charge is -2.18. The van der Waals surface area contributed by atoms with Crippen molar-refractivity contribution in [1.29, 1.82) is 0 Å². The van der Waals surface area contributed by atoms with Gasteiger partial charge in [-0.2, -0.15) is 4.80 Å². The van der Waals surface area contributed by atoms with E-state index in [-0.39, 0.29) is 6.04 Å². The van der Waals surface area contributed by atoms with Crippen LogP contribution in [0.25, 0.3) is 0 Å². The Bertz CT molecular complexity index is 537. The second-order valence-electron chi connectivity index (χ2n) is 4.82. The molecule has 5 nitrogen and oxygen atoms in total. The monoisotopic (exact) mass is 279 g/mol. The summed E-state index contributed by atoms with van der Waals surface area (Å²) in [6.07, 6.45) is 0.906. The molecule has 0 amide bonds. The summed E-state index contributed by atoms with van der Waals surface area (Å²) >= 11 is 6.07. The lowest BCUT2D eigenvalue weighted by Crippen LogP contribution is -2.21. The van der Waals surface area contributed by atoms with E-state index in [1.54, 1.807) is 4.80 Å². The Balaban J connectivity index is 2.28. The van der Waals surface area contributed by atoms with Crippen molar-refractivity contribution < 1.29 is 0 Å². The number of aromatic nitrogens is 4. The number of hydrogen-bond donors (Lipinski definition) is 0. The Kier molecular flexibility index (Phi) is 4.50. The molecule has 0 aliphatic heterocycles. The van der Waals surface area contributed by atoms with Crippen molar-refractivity contribution in [3.8, 4) is 0 Å². The van der Waals surface area contributed by atoms with E-state index in [0.29, 0.717) is 5.82 Å². The maximum absolute atomic E-state index is 6.07. The summed E-state index contributed by atoms with van der Waals surface area (Å²) in [6.45, 7) is 2.78. The van der Waals surface area contributed by atoms with Crippen LogP contribution in [0.4, 0.5) is 0 Å². The van der Waals surface area contributed by atoms with E-state index in [9.17, 15) is 0 Å². The molecule has 2 aromatic rings. The van der Waals surface area contributed by atoms with Gasteiger partial charge in [0.15, 0.2) is 5.82 Å². The smallest absolute Gasteiger partial charge is 0.171 e. The van der Waals surface area contributed by atoms with Gasteiger partial charge in [0.2, 0.25) is 0 Å². The van der Waals surface area contributed by atoms with Crippen molar-refractivity contribution in [2.75, 3.05) is 20.6 Å². The van der Waals surface area contributed by atoms with Crippen LogP contribution in [0.3, 0.4) is 0 Å². The molecule has 1 aromatic carbocycles. The minimum atomic E-state index is 0.0577. The second-order valence-corrected chi connectivity index (χ2v) is 5.26. The fourth-order valence-corrected chi connectivity index (χ4v) is 2.14. The van der Waals surface area contributed by atoms with Crippen molar-refractivity contribution in [3.05, 3.63) is 40.7 Å². The fraction of sp³-hybridized carbons (Fsp3) is 0.462. The van der Waals surface area contributed by atoms with Crippen LogP contribution in [-0.2, 0) is 0 Å². The standard InChI is InChI=1S/C13H18ClN5/c1-10-15-17-19(16-10)13(7-8-18(2)3)11-5-4-6-12(14)9-11/h4-6,9,13H,7-8H2,1-3H3. The highest BCUT2D eigenvalue weighted by atomic mass is 35.5. The quantitative estimate of drug-likeness (QED) is 0.842. The van der Waals surface area contributed by atoms with Crippen LogP contribution in [-0.4, -0.2) is 45.7 Å². The van der Waals surface area contributed by atoms with Gasteiger partial charge < -0.3 is 4.90 Å². The van der Waals surface area contributed by atoms with Gasteiger partial charge in [-0.1, -0.05) is 23.7 Å². The Hall–Kier alpha value is -1.46. The van der Waals surface area contributed by atoms with Gasteiger partial charge in [-0.15, -0.1) is 10.2 Å². The Labute approximate surface area is 118 Å². The first-order valence-electron chi connectivity index (χ1n) is 6.22. The summed E-state index contributed by atoms with van der Waals surface area (Å²) in [7, 11) is 4.10. The molecule has 0 aliphatic rings. The number of halogens is 1. The van der Waals surface area contributed by atoms with Crippen LogP contribution in [0, 0.1) is 6.92 Å². The Morgan fingerprint density at radius 1 is 1.37 bits per heavy atom. The zero-order valence-electron chi connectivity index (χ0n) is 11.4. The molecule has 0 saturated heterocycles. The van der Waals surface area contributed by atoms with Gasteiger partial charge in [-0.3, -0.25) is 0 Å². The summed E-state index contributed by atoms with van der Waals surface area (Å²) in [4.78, 5) is 3.81. The lowest BCUT2D eigenvalue weighted by molar-refractivity contribution is 0.339. The number of benzene rings is 1. The molecular weight excluding hydrogens is 262 g/mol. The SMILES string of the molecule is Cc1nnn(C(CCN(C)C)c2cccc(Cl)c2)n1. The molecule has 0 radical (unpaired) electrons. The normalized spacial score (nSPS) is 12.9. The van der Waals surface area contributed by atoms with E-state index in [2.05, 4.69) is 34.4 Å². The van der Waals surface area contributed by atoms with Crippen LogP contribution in [0.1, 0.15) is 23.9 Å². The summed E-state index contributed by atoms with van der Waals surface area (Å²) in [5.41, 5.74) is 1.10. The minimum absolute atomic E-state index is 0.0577. The van der Waals surface area contributed by atoms with Gasteiger partial charge >= 0.3 is 0 Å². The first-order valence-corrected chi connectivity index (χ1v) is 6.60. The van der Waals surface area contributed by atoms with Gasteiger partial charge in [0.1, 0.15) is 0 Å². The molecule has 0 bridgehead atoms. The predicted octanol–water partition coefficient (Wildman–Crippen LogP) is 2.18. The number of aryl methyl sites for hydroxylation is 1. The van der Waals surface area contributed by atoms with Crippen LogP contribution in [0.2, 0.25) is 5.02 Å². The molecule has 1 unspecified atom stereocenters. The lowest BCUT2D eigenvalue weighted by atomic mass is 10.0. The average Bonchev–Trinajstić information content (AvgIpc) is 2.76. The highest BCUT2D eigenvalue weighted by Crippen LogP contribution is 2.23. The van der Waals surface area contributed by atoms with E-state index in [4.69, 9.17) is 11.6 Å². The van der Waals surface area contributed by atoms with Gasteiger partial charge in [0.05, 0.1) is 6.04 Å². The van der Waals surface area contributed by atoms with E-state index >= 15 is 0 Å². The van der Waals surface area contributed by atoms with E-state index in [1.807, 2.05) is 31.2 Å². The van der Waals surface area contributed by atoms with E-state index < -0.39 is 0 Å². The molecule has 0 aliphatic carbocycles. The molecule has 0 N–H and O–H groups in total. The Morgan fingerprint density at radius 2 is 2.16 bits per heavy atom. The van der Waals surface area contributed by atoms with Gasteiger partial charge in [-0.05, 0) is 56.9 Å². The summed E-state index contributed by atoms with van der Waals surface area (Å²) in [6, 6.07) is 7.88. The summed E-state index contributed by atoms with van der Waals surface area (Å²) < 4.78 is 0. The topological polar surface area (TPSA) is 46.8 Å². The van der Waals surface area contributed by atoms with Crippen LogP contribution >= 0.6 is 11.6 Å². The predicted molar refractivity (Wildman–Crippen MR) is 75.3 cm³/mol. The Morgan fingerprint density at radius 3 is 2.74 bits per heavy atom. The van der Waals surface area contributed by atoms with Gasteiger partial charge in [-0.25, -0.2) is 0 Å². The van der Waals surface area contributed by atoms with E-state index in [1.165, 1.54) is 0 Å². The highest BCUT2D eigenvalue weighted by Gasteiger charge is 2.17. The summed E-state index contributed by atoms with van der Waals surface area (Å²) in [5, 5.41) is 13.1. The average molecular weight is 280 g/mol. The van der Waals surface area contributed by atoms with Crippen molar-refractivity contribution in [1.82, 2.24) is 25.1 Å². The molecular formula is C13H18ClN5. The minimum Gasteiger partial charge on any atom is -0.309 e. The molecule has 1 heterocycles. The first kappa shape index (κ1) is 14.0. The third-order valence-corrected chi connectivity index (χ3v) is 3.13. The van der Waals surface area contributed by atoms with Crippen molar-refractivity contribution in [2.24, 2.45) is 0 Å². The third-order valence-electron chi connectivity index (χ3n) is 2.89. The summed E-state index contributed by atoms with van der Waals surface area (Å²) in [5.74, 6) is 0.678. The van der Waals surface area contributed by atoms with Crippen molar-refractivity contribution in [2.45, 2.75) is 19.4 Å². The number of nitrogens with zero attached hydrogens (tertiary/aromatic N) is 5. The highest BCUT2D eigenvalue weighted by molar-refractivity contribution is 6.30. The molecule has 1 atom stereocenters. The molecule has 6 heteroatoms. The van der Waals surface area contributed by atoms with Crippen LogP contribution in [0.15, 0.2) is 24.3 Å². The van der Waals surface area contributed by atoms with Gasteiger partial charge in [0.25, 0.3) is 0 Å². The maximum atomic E-state index is 6.07. The van der Waals surface area contributed by atoms with Gasteiger partial charge in [0, 0.05) is 5.02 Å². The fourth-order valence-electron chi connectivity index (χ4n) is 1.94. The van der Waals surface area contributed by atoms with E-state index in [0.717, 1.165) is 23.6 Å². The van der Waals surface area contributed by atoms with Crippen LogP contribution < -0.4 is 0 Å². The molecule has 2 rings (SSSR count). The molecule has 0 fully saturated rings. The molecule has 102 valence electrons. The van der Waals surface area contributed by atoms with Crippen molar-refractivity contribution >= 4 is 11.6 Å².